The fourth-order valence-corrected chi connectivity index (χ4v) is 2.52. The van der Waals surface area contributed by atoms with Crippen LogP contribution in [0.15, 0.2) is 48.5 Å². The molecule has 0 amide bonds. The smallest absolute Gasteiger partial charge is 0.0408 e. The first-order valence-electron chi connectivity index (χ1n) is 9.95. The lowest BCUT2D eigenvalue weighted by molar-refractivity contribution is 0.590. The highest BCUT2D eigenvalue weighted by Crippen LogP contribution is 2.29. The molecule has 0 aliphatic heterocycles. The molecular formula is C25H39N. The van der Waals surface area contributed by atoms with Gasteiger partial charge in [0, 0.05) is 18.4 Å². The summed E-state index contributed by atoms with van der Waals surface area (Å²) in [5, 5.41) is 0. The summed E-state index contributed by atoms with van der Waals surface area (Å²) in [6.07, 6.45) is 2.64. The molecule has 0 aromatic heterocycles. The van der Waals surface area contributed by atoms with Gasteiger partial charge >= 0.3 is 0 Å². The molecular weight excluding hydrogens is 314 g/mol. The molecule has 0 radical (unpaired) electrons. The maximum atomic E-state index is 2.25. The van der Waals surface area contributed by atoms with Crippen LogP contribution in [0.3, 0.4) is 0 Å². The van der Waals surface area contributed by atoms with Crippen LogP contribution in [0.2, 0.25) is 0 Å². The molecule has 144 valence electrons. The van der Waals surface area contributed by atoms with Gasteiger partial charge in [0.1, 0.15) is 0 Å². The molecule has 0 bridgehead atoms. The number of hydrogen-bond acceptors (Lipinski definition) is 1. The average Bonchev–Trinajstić information content (AvgIpc) is 2.60. The molecule has 0 unspecified atom stereocenters. The lowest BCUT2D eigenvalue weighted by Crippen LogP contribution is -2.14. The van der Waals surface area contributed by atoms with E-state index in [0.717, 1.165) is 0 Å². The number of rotatable bonds is 3. The van der Waals surface area contributed by atoms with E-state index in [1.807, 2.05) is 0 Å². The van der Waals surface area contributed by atoms with Gasteiger partial charge in [0.25, 0.3) is 0 Å². The van der Waals surface area contributed by atoms with E-state index in [9.17, 15) is 0 Å². The quantitative estimate of drug-likeness (QED) is 0.543. The normalized spacial score (nSPS) is 11.6. The monoisotopic (exact) mass is 353 g/mol. The van der Waals surface area contributed by atoms with Crippen LogP contribution in [0.5, 0.6) is 0 Å². The first-order valence-corrected chi connectivity index (χ1v) is 9.95. The maximum Gasteiger partial charge on any atom is 0.0408 e. The third kappa shape index (κ3) is 6.52. The first-order chi connectivity index (χ1) is 12.0. The summed E-state index contributed by atoms with van der Waals surface area (Å²) in [7, 11) is 2.12. The molecule has 0 atom stereocenters. The Balaban J connectivity index is 0.000000765. The summed E-state index contributed by atoms with van der Waals surface area (Å²) < 4.78 is 0. The number of benzene rings is 2. The third-order valence-corrected chi connectivity index (χ3v) is 4.74. The molecule has 26 heavy (non-hydrogen) atoms. The second-order valence-corrected chi connectivity index (χ2v) is 9.15. The fourth-order valence-electron chi connectivity index (χ4n) is 2.52. The zero-order valence-electron chi connectivity index (χ0n) is 18.5. The van der Waals surface area contributed by atoms with Crippen molar-refractivity contribution in [2.24, 2.45) is 0 Å². The summed E-state index contributed by atoms with van der Waals surface area (Å²) in [6.45, 7) is 17.8. The Kier molecular flexibility index (Phi) is 7.93. The minimum Gasteiger partial charge on any atom is -0.345 e. The van der Waals surface area contributed by atoms with Crippen LogP contribution in [0.4, 0.5) is 11.4 Å². The van der Waals surface area contributed by atoms with Crippen molar-refractivity contribution in [3.05, 3.63) is 59.7 Å². The van der Waals surface area contributed by atoms with Crippen LogP contribution < -0.4 is 4.90 Å². The molecule has 2 aromatic rings. The highest BCUT2D eigenvalue weighted by atomic mass is 15.1. The minimum absolute atomic E-state index is 0.200. The van der Waals surface area contributed by atoms with E-state index in [2.05, 4.69) is 116 Å². The zero-order valence-corrected chi connectivity index (χ0v) is 18.5. The van der Waals surface area contributed by atoms with E-state index in [4.69, 9.17) is 0 Å². The Morgan fingerprint density at radius 3 is 1.04 bits per heavy atom. The highest BCUT2D eigenvalue weighted by molar-refractivity contribution is 5.63. The number of unbranched alkanes of at least 4 members (excludes halogenated alkanes) is 1. The first kappa shape index (κ1) is 22.3. The van der Waals surface area contributed by atoms with Crippen molar-refractivity contribution >= 4 is 11.4 Å². The SMILES string of the molecule is CCCC.CN(c1ccc(C(C)(C)C)cc1)c1ccc(C(C)(C)C)cc1. The standard InChI is InChI=1S/C21H29N.C4H10/c1-20(2,3)16-8-12-18(13-9-16)22(7)19-14-10-17(11-15-19)21(4,5)6;1-3-4-2/h8-15H,1-7H3;3-4H2,1-2H3. The lowest BCUT2D eigenvalue weighted by atomic mass is 9.87. The predicted octanol–water partition coefficient (Wildman–Crippen LogP) is 7.86. The van der Waals surface area contributed by atoms with Gasteiger partial charge < -0.3 is 4.90 Å². The van der Waals surface area contributed by atoms with Crippen LogP contribution in [0.25, 0.3) is 0 Å². The van der Waals surface area contributed by atoms with E-state index >= 15 is 0 Å². The molecule has 0 heterocycles. The van der Waals surface area contributed by atoms with Crippen LogP contribution >= 0.6 is 0 Å². The number of anilines is 2. The highest BCUT2D eigenvalue weighted by Gasteiger charge is 2.15. The summed E-state index contributed by atoms with van der Waals surface area (Å²) in [5.74, 6) is 0. The Morgan fingerprint density at radius 1 is 0.577 bits per heavy atom. The van der Waals surface area contributed by atoms with Gasteiger partial charge in [0.05, 0.1) is 0 Å². The number of nitrogens with zero attached hydrogens (tertiary/aromatic N) is 1. The van der Waals surface area contributed by atoms with Crippen molar-refractivity contribution in [2.75, 3.05) is 11.9 Å². The Hall–Kier alpha value is -1.76. The number of hydrogen-bond donors (Lipinski definition) is 0. The Labute approximate surface area is 162 Å². The van der Waals surface area contributed by atoms with Gasteiger partial charge in [-0.1, -0.05) is 92.5 Å². The zero-order chi connectivity index (χ0) is 20.0. The molecule has 0 saturated heterocycles. The van der Waals surface area contributed by atoms with E-state index in [1.54, 1.807) is 0 Å². The Morgan fingerprint density at radius 2 is 0.846 bits per heavy atom. The van der Waals surface area contributed by atoms with Gasteiger partial charge in [-0.25, -0.2) is 0 Å². The van der Waals surface area contributed by atoms with Crippen LogP contribution in [-0.2, 0) is 10.8 Å². The predicted molar refractivity (Wildman–Crippen MR) is 119 cm³/mol. The van der Waals surface area contributed by atoms with Crippen molar-refractivity contribution < 1.29 is 0 Å². The maximum absolute atomic E-state index is 2.25. The molecule has 1 heteroatoms. The molecule has 0 aliphatic carbocycles. The van der Waals surface area contributed by atoms with Gasteiger partial charge in [-0.3, -0.25) is 0 Å². The molecule has 0 saturated carbocycles. The second kappa shape index (κ2) is 9.26. The third-order valence-electron chi connectivity index (χ3n) is 4.74. The fraction of sp³-hybridized carbons (Fsp3) is 0.520. The van der Waals surface area contributed by atoms with Crippen molar-refractivity contribution in [1.82, 2.24) is 0 Å². The topological polar surface area (TPSA) is 3.24 Å². The van der Waals surface area contributed by atoms with Crippen LogP contribution in [-0.4, -0.2) is 7.05 Å². The summed E-state index contributed by atoms with van der Waals surface area (Å²) in [6, 6.07) is 17.8. The van der Waals surface area contributed by atoms with Crippen molar-refractivity contribution in [3.8, 4) is 0 Å². The molecule has 2 aromatic carbocycles. The van der Waals surface area contributed by atoms with Gasteiger partial charge in [-0.15, -0.1) is 0 Å². The minimum atomic E-state index is 0.200. The van der Waals surface area contributed by atoms with E-state index in [-0.39, 0.29) is 10.8 Å². The average molecular weight is 354 g/mol. The molecule has 0 spiro atoms. The van der Waals surface area contributed by atoms with Gasteiger partial charge in [0.2, 0.25) is 0 Å². The summed E-state index contributed by atoms with van der Waals surface area (Å²) in [4.78, 5) is 2.24. The van der Waals surface area contributed by atoms with Gasteiger partial charge in [-0.05, 0) is 46.2 Å². The van der Waals surface area contributed by atoms with Crippen molar-refractivity contribution in [3.63, 3.8) is 0 Å². The van der Waals surface area contributed by atoms with Crippen LogP contribution in [0, 0.1) is 0 Å². The molecule has 0 aliphatic rings. The van der Waals surface area contributed by atoms with Gasteiger partial charge in [0.15, 0.2) is 0 Å². The lowest BCUT2D eigenvalue weighted by Gasteiger charge is -2.24. The van der Waals surface area contributed by atoms with E-state index in [0.29, 0.717) is 0 Å². The molecule has 0 N–H and O–H groups in total. The largest absolute Gasteiger partial charge is 0.345 e. The van der Waals surface area contributed by atoms with E-state index < -0.39 is 0 Å². The second-order valence-electron chi connectivity index (χ2n) is 9.15. The Bertz CT molecular complexity index is 577. The molecule has 0 fully saturated rings. The summed E-state index contributed by atoms with van der Waals surface area (Å²) >= 11 is 0. The van der Waals surface area contributed by atoms with Crippen molar-refractivity contribution in [1.29, 1.82) is 0 Å². The molecule has 1 nitrogen and oxygen atoms in total. The molecule has 2 rings (SSSR count). The summed E-state index contributed by atoms with van der Waals surface area (Å²) in [5.41, 5.74) is 5.57. The van der Waals surface area contributed by atoms with E-state index in [1.165, 1.54) is 35.3 Å². The van der Waals surface area contributed by atoms with Crippen molar-refractivity contribution in [2.45, 2.75) is 79.1 Å². The van der Waals surface area contributed by atoms with Gasteiger partial charge in [-0.2, -0.15) is 0 Å². The van der Waals surface area contributed by atoms with Crippen LogP contribution in [0.1, 0.15) is 79.4 Å².